The van der Waals surface area contributed by atoms with Gasteiger partial charge in [0.2, 0.25) is 0 Å². The summed E-state index contributed by atoms with van der Waals surface area (Å²) in [7, 11) is 0. The van der Waals surface area contributed by atoms with Crippen molar-refractivity contribution in [3.63, 3.8) is 0 Å². The van der Waals surface area contributed by atoms with E-state index >= 15 is 0 Å². The number of nitrogens with zero attached hydrogens (tertiary/aromatic N) is 3. The Hall–Kier alpha value is -2.91. The van der Waals surface area contributed by atoms with Gasteiger partial charge in [0, 0.05) is 0 Å². The second kappa shape index (κ2) is 5.23. The number of nitrogens with one attached hydrogen (secondary N) is 1. The molecular formula is C11H12N4O6. The summed E-state index contributed by atoms with van der Waals surface area (Å²) in [4.78, 5) is 21.3. The number of hydrogen-bond donors (Lipinski definition) is 1. The van der Waals surface area contributed by atoms with Crippen LogP contribution in [0.5, 0.6) is 0 Å². The van der Waals surface area contributed by atoms with Gasteiger partial charge in [-0.2, -0.15) is 0 Å². The lowest BCUT2D eigenvalue weighted by Crippen LogP contribution is -2.27. The van der Waals surface area contributed by atoms with E-state index in [1.54, 1.807) is 20.8 Å². The SMILES string of the molecule is CC(C)(C)OC(=O)Nc1nnc(-c2ccc([N+](=O)[O-])o2)o1. The summed E-state index contributed by atoms with van der Waals surface area (Å²) in [6.45, 7) is 5.11. The number of hydrogen-bond acceptors (Lipinski definition) is 8. The van der Waals surface area contributed by atoms with Gasteiger partial charge in [0.05, 0.1) is 6.07 Å². The lowest BCUT2D eigenvalue weighted by molar-refractivity contribution is -0.401. The third-order valence-electron chi connectivity index (χ3n) is 2.02. The zero-order valence-corrected chi connectivity index (χ0v) is 11.4. The molecule has 1 amide bonds. The number of rotatable bonds is 3. The van der Waals surface area contributed by atoms with Crippen molar-refractivity contribution in [2.45, 2.75) is 26.4 Å². The van der Waals surface area contributed by atoms with Crippen molar-refractivity contribution in [2.75, 3.05) is 5.32 Å². The van der Waals surface area contributed by atoms with Gasteiger partial charge < -0.3 is 13.6 Å². The molecule has 0 fully saturated rings. The summed E-state index contributed by atoms with van der Waals surface area (Å²) in [6, 6.07) is 2.25. The molecule has 0 aliphatic carbocycles. The van der Waals surface area contributed by atoms with Crippen LogP contribution < -0.4 is 5.32 Å². The first kappa shape index (κ1) is 14.5. The minimum absolute atomic E-state index is 0.0199. The minimum Gasteiger partial charge on any atom is -0.443 e. The smallest absolute Gasteiger partial charge is 0.433 e. The molecule has 0 aliphatic rings. The third kappa shape index (κ3) is 3.78. The van der Waals surface area contributed by atoms with E-state index < -0.39 is 22.5 Å². The summed E-state index contributed by atoms with van der Waals surface area (Å²) < 4.78 is 15.0. The number of amides is 1. The van der Waals surface area contributed by atoms with Crippen LogP contribution in [0.1, 0.15) is 20.8 Å². The number of anilines is 1. The molecule has 2 aromatic heterocycles. The Kier molecular flexibility index (Phi) is 3.61. The monoisotopic (exact) mass is 296 g/mol. The summed E-state index contributed by atoms with van der Waals surface area (Å²) in [5.41, 5.74) is -0.672. The number of nitro groups is 1. The Bertz CT molecular complexity index is 668. The van der Waals surface area contributed by atoms with Crippen LogP contribution in [0.4, 0.5) is 16.7 Å². The van der Waals surface area contributed by atoms with Crippen molar-refractivity contribution in [1.82, 2.24) is 10.2 Å². The fraction of sp³-hybridized carbons (Fsp3) is 0.364. The van der Waals surface area contributed by atoms with Crippen LogP contribution in [0.15, 0.2) is 21.0 Å². The molecule has 0 spiro atoms. The molecular weight excluding hydrogens is 284 g/mol. The van der Waals surface area contributed by atoms with E-state index in [-0.39, 0.29) is 17.7 Å². The Morgan fingerprint density at radius 3 is 2.62 bits per heavy atom. The van der Waals surface area contributed by atoms with Crippen molar-refractivity contribution in [3.05, 3.63) is 22.2 Å². The molecule has 21 heavy (non-hydrogen) atoms. The molecule has 10 heteroatoms. The zero-order valence-electron chi connectivity index (χ0n) is 11.4. The van der Waals surface area contributed by atoms with Crippen molar-refractivity contribution < 1.29 is 23.3 Å². The topological polar surface area (TPSA) is 134 Å². The van der Waals surface area contributed by atoms with Crippen molar-refractivity contribution in [2.24, 2.45) is 0 Å². The molecule has 0 saturated heterocycles. The second-order valence-corrected chi connectivity index (χ2v) is 4.93. The molecule has 112 valence electrons. The summed E-state index contributed by atoms with van der Waals surface area (Å²) in [5, 5.41) is 19.9. The highest BCUT2D eigenvalue weighted by atomic mass is 16.6. The molecule has 0 saturated carbocycles. The highest BCUT2D eigenvalue weighted by Crippen LogP contribution is 2.26. The zero-order chi connectivity index (χ0) is 15.6. The molecule has 2 aromatic rings. The maximum Gasteiger partial charge on any atom is 0.433 e. The number of ether oxygens (including phenoxy) is 1. The Labute approximate surface area is 118 Å². The standard InChI is InChI=1S/C11H12N4O6/c1-11(2,3)21-10(16)12-9-14-13-8(20-9)6-4-5-7(19-6)15(17)18/h4-5H,1-3H3,(H,12,14,16). The van der Waals surface area contributed by atoms with Crippen LogP contribution in [0, 0.1) is 10.1 Å². The van der Waals surface area contributed by atoms with Crippen molar-refractivity contribution in [3.8, 4) is 11.7 Å². The van der Waals surface area contributed by atoms with Gasteiger partial charge in [0.15, 0.2) is 5.76 Å². The molecule has 10 nitrogen and oxygen atoms in total. The first-order valence-electron chi connectivity index (χ1n) is 5.83. The fourth-order valence-corrected chi connectivity index (χ4v) is 1.30. The van der Waals surface area contributed by atoms with Gasteiger partial charge in [-0.25, -0.2) is 10.1 Å². The van der Waals surface area contributed by atoms with E-state index in [4.69, 9.17) is 13.6 Å². The molecule has 0 aliphatic heterocycles. The molecule has 0 atom stereocenters. The molecule has 0 aromatic carbocycles. The van der Waals surface area contributed by atoms with E-state index in [0.717, 1.165) is 6.07 Å². The van der Waals surface area contributed by atoms with Gasteiger partial charge in [-0.1, -0.05) is 5.10 Å². The van der Waals surface area contributed by atoms with Crippen molar-refractivity contribution in [1.29, 1.82) is 0 Å². The Morgan fingerprint density at radius 2 is 2.05 bits per heavy atom. The maximum atomic E-state index is 11.5. The van der Waals surface area contributed by atoms with E-state index in [9.17, 15) is 14.9 Å². The summed E-state index contributed by atoms with van der Waals surface area (Å²) >= 11 is 0. The number of carbonyl (C=O) groups is 1. The highest BCUT2D eigenvalue weighted by Gasteiger charge is 2.21. The van der Waals surface area contributed by atoms with Crippen LogP contribution in [0.3, 0.4) is 0 Å². The second-order valence-electron chi connectivity index (χ2n) is 4.93. The van der Waals surface area contributed by atoms with Crippen molar-refractivity contribution >= 4 is 18.0 Å². The first-order chi connectivity index (χ1) is 9.74. The normalized spacial score (nSPS) is 11.2. The summed E-state index contributed by atoms with van der Waals surface area (Å²) in [5.74, 6) is -0.537. The maximum absolute atomic E-state index is 11.5. The largest absolute Gasteiger partial charge is 0.443 e. The third-order valence-corrected chi connectivity index (χ3v) is 2.02. The molecule has 0 bridgehead atoms. The van der Waals surface area contributed by atoms with E-state index in [1.807, 2.05) is 0 Å². The molecule has 2 rings (SSSR count). The molecule has 0 unspecified atom stereocenters. The van der Waals surface area contributed by atoms with Gasteiger partial charge in [-0.05, 0) is 26.8 Å². The Morgan fingerprint density at radius 1 is 1.33 bits per heavy atom. The van der Waals surface area contributed by atoms with Gasteiger partial charge >= 0.3 is 18.0 Å². The molecule has 0 radical (unpaired) electrons. The number of furan rings is 1. The quantitative estimate of drug-likeness (QED) is 0.674. The molecule has 1 N–H and O–H groups in total. The van der Waals surface area contributed by atoms with Crippen LogP contribution in [0.2, 0.25) is 0 Å². The van der Waals surface area contributed by atoms with E-state index in [0.29, 0.717) is 0 Å². The highest BCUT2D eigenvalue weighted by molar-refractivity contribution is 5.82. The van der Waals surface area contributed by atoms with Crippen LogP contribution in [-0.2, 0) is 4.74 Å². The lowest BCUT2D eigenvalue weighted by Gasteiger charge is -2.18. The predicted molar refractivity (Wildman–Crippen MR) is 68.5 cm³/mol. The summed E-state index contributed by atoms with van der Waals surface area (Å²) in [6.07, 6.45) is -0.761. The number of aromatic nitrogens is 2. The van der Waals surface area contributed by atoms with Gasteiger partial charge in [0.1, 0.15) is 10.5 Å². The number of carbonyl (C=O) groups excluding carboxylic acids is 1. The first-order valence-corrected chi connectivity index (χ1v) is 5.83. The average molecular weight is 296 g/mol. The van der Waals surface area contributed by atoms with E-state index in [1.165, 1.54) is 6.07 Å². The van der Waals surface area contributed by atoms with Gasteiger partial charge in [-0.3, -0.25) is 10.1 Å². The fourth-order valence-electron chi connectivity index (χ4n) is 1.30. The molecule has 2 heterocycles. The van der Waals surface area contributed by atoms with Crippen LogP contribution >= 0.6 is 0 Å². The van der Waals surface area contributed by atoms with Crippen LogP contribution in [0.25, 0.3) is 11.7 Å². The lowest BCUT2D eigenvalue weighted by atomic mass is 10.2. The van der Waals surface area contributed by atoms with Crippen LogP contribution in [-0.4, -0.2) is 26.8 Å². The van der Waals surface area contributed by atoms with Gasteiger partial charge in [0.25, 0.3) is 5.89 Å². The minimum atomic E-state index is -0.761. The predicted octanol–water partition coefficient (Wildman–Crippen LogP) is 2.58. The van der Waals surface area contributed by atoms with Gasteiger partial charge in [-0.15, -0.1) is 5.10 Å². The van der Waals surface area contributed by atoms with E-state index in [2.05, 4.69) is 15.5 Å². The average Bonchev–Trinajstić information content (AvgIpc) is 2.93. The Balaban J connectivity index is 2.07.